The van der Waals surface area contributed by atoms with Crippen molar-refractivity contribution < 1.29 is 18.7 Å². The Morgan fingerprint density at radius 1 is 1.19 bits per heavy atom. The average molecular weight is 446 g/mol. The summed E-state index contributed by atoms with van der Waals surface area (Å²) < 4.78 is 19.1. The van der Waals surface area contributed by atoms with Crippen LogP contribution in [0.15, 0.2) is 24.3 Å². The van der Waals surface area contributed by atoms with E-state index in [9.17, 15) is 14.0 Å². The van der Waals surface area contributed by atoms with Crippen LogP contribution in [0.5, 0.6) is 0 Å². The molecular formula is C25H36FN3O3. The molecule has 32 heavy (non-hydrogen) atoms. The van der Waals surface area contributed by atoms with Gasteiger partial charge in [-0.2, -0.15) is 0 Å². The first-order chi connectivity index (χ1) is 15.4. The van der Waals surface area contributed by atoms with E-state index in [4.69, 9.17) is 4.74 Å². The maximum atomic E-state index is 13.7. The number of halogens is 1. The molecule has 1 spiro atoms. The van der Waals surface area contributed by atoms with Crippen molar-refractivity contribution in [3.05, 3.63) is 35.6 Å². The first-order valence-electron chi connectivity index (χ1n) is 12.0. The number of ether oxygens (including phenoxy) is 1. The van der Waals surface area contributed by atoms with Gasteiger partial charge in [-0.25, -0.2) is 4.39 Å². The normalized spacial score (nSPS) is 24.0. The average Bonchev–Trinajstić information content (AvgIpc) is 3.00. The summed E-state index contributed by atoms with van der Waals surface area (Å²) in [6, 6.07) is 6.81. The Morgan fingerprint density at radius 2 is 1.91 bits per heavy atom. The third-order valence-electron chi connectivity index (χ3n) is 7.24. The van der Waals surface area contributed by atoms with E-state index in [0.717, 1.165) is 44.5 Å². The predicted molar refractivity (Wildman–Crippen MR) is 121 cm³/mol. The summed E-state index contributed by atoms with van der Waals surface area (Å²) in [4.78, 5) is 32.5. The van der Waals surface area contributed by atoms with Crippen LogP contribution < -0.4 is 0 Å². The lowest BCUT2D eigenvalue weighted by atomic mass is 9.75. The molecule has 3 fully saturated rings. The van der Waals surface area contributed by atoms with Crippen LogP contribution in [0.2, 0.25) is 0 Å². The van der Waals surface area contributed by atoms with Crippen molar-refractivity contribution in [2.75, 3.05) is 52.5 Å². The van der Waals surface area contributed by atoms with Crippen LogP contribution in [0.3, 0.4) is 0 Å². The Balaban J connectivity index is 1.41. The number of hydrogen-bond donors (Lipinski definition) is 0. The highest BCUT2D eigenvalue weighted by Crippen LogP contribution is 2.45. The van der Waals surface area contributed by atoms with E-state index in [0.29, 0.717) is 45.2 Å². The van der Waals surface area contributed by atoms with Crippen molar-refractivity contribution in [1.29, 1.82) is 0 Å². The number of piperidine rings is 1. The molecule has 176 valence electrons. The fraction of sp³-hybridized carbons (Fsp3) is 0.680. The van der Waals surface area contributed by atoms with E-state index in [-0.39, 0.29) is 29.1 Å². The summed E-state index contributed by atoms with van der Waals surface area (Å²) in [6.45, 7) is 9.66. The molecule has 0 radical (unpaired) electrons. The Morgan fingerprint density at radius 3 is 2.56 bits per heavy atom. The summed E-state index contributed by atoms with van der Waals surface area (Å²) in [7, 11) is 0. The molecule has 0 aromatic heterocycles. The number of likely N-dealkylation sites (tertiary alicyclic amines) is 2. The molecular weight excluding hydrogens is 409 g/mol. The van der Waals surface area contributed by atoms with Gasteiger partial charge in [0.2, 0.25) is 11.8 Å². The highest BCUT2D eigenvalue weighted by atomic mass is 19.1. The van der Waals surface area contributed by atoms with Gasteiger partial charge in [0.1, 0.15) is 5.82 Å². The highest BCUT2D eigenvalue weighted by Gasteiger charge is 2.52. The summed E-state index contributed by atoms with van der Waals surface area (Å²) in [5.41, 5.74) is 0.551. The maximum absolute atomic E-state index is 13.7. The number of morpholine rings is 1. The minimum atomic E-state index is -0.386. The fourth-order valence-corrected chi connectivity index (χ4v) is 5.52. The van der Waals surface area contributed by atoms with Gasteiger partial charge in [0, 0.05) is 38.8 Å². The first-order valence-corrected chi connectivity index (χ1v) is 12.0. The van der Waals surface area contributed by atoms with Gasteiger partial charge in [0.15, 0.2) is 0 Å². The summed E-state index contributed by atoms with van der Waals surface area (Å²) in [5.74, 6) is 0.527. The van der Waals surface area contributed by atoms with Crippen LogP contribution in [-0.4, -0.2) is 85.0 Å². The minimum Gasteiger partial charge on any atom is -0.379 e. The van der Waals surface area contributed by atoms with Gasteiger partial charge < -0.3 is 14.5 Å². The zero-order valence-corrected chi connectivity index (χ0v) is 19.4. The van der Waals surface area contributed by atoms with Crippen LogP contribution in [0.25, 0.3) is 0 Å². The van der Waals surface area contributed by atoms with Crippen molar-refractivity contribution in [1.82, 2.24) is 14.7 Å². The molecule has 0 unspecified atom stereocenters. The molecule has 0 N–H and O–H groups in total. The third kappa shape index (κ3) is 5.15. The van der Waals surface area contributed by atoms with E-state index in [1.165, 1.54) is 6.07 Å². The number of nitrogens with zero attached hydrogens (tertiary/aromatic N) is 3. The number of carbonyl (C=O) groups is 2. The number of amides is 2. The zero-order valence-electron chi connectivity index (χ0n) is 19.4. The smallest absolute Gasteiger partial charge is 0.236 e. The number of rotatable bonds is 6. The van der Waals surface area contributed by atoms with Gasteiger partial charge in [0.05, 0.1) is 25.2 Å². The maximum Gasteiger partial charge on any atom is 0.236 e. The molecule has 0 saturated carbocycles. The van der Waals surface area contributed by atoms with Crippen LogP contribution in [-0.2, 0) is 20.7 Å². The summed E-state index contributed by atoms with van der Waals surface area (Å²) >= 11 is 0. The molecule has 3 heterocycles. The second-order valence-electron chi connectivity index (χ2n) is 10.1. The van der Waals surface area contributed by atoms with Gasteiger partial charge in [-0.1, -0.05) is 26.0 Å². The van der Waals surface area contributed by atoms with E-state index in [1.807, 2.05) is 15.9 Å². The van der Waals surface area contributed by atoms with Gasteiger partial charge in [-0.05, 0) is 49.3 Å². The van der Waals surface area contributed by atoms with Crippen LogP contribution >= 0.6 is 0 Å². The van der Waals surface area contributed by atoms with E-state index >= 15 is 0 Å². The molecule has 3 aliphatic rings. The number of hydrogen-bond acceptors (Lipinski definition) is 4. The van der Waals surface area contributed by atoms with Crippen LogP contribution in [0, 0.1) is 17.2 Å². The van der Waals surface area contributed by atoms with Crippen molar-refractivity contribution in [2.24, 2.45) is 11.3 Å². The standard InChI is InChI=1S/C25H36FN3O3/c1-19(2)17-29-22(15-20-4-3-5-21(26)14-20)16-25(24(29)31)6-8-28(9-7-25)23(30)18-27-10-12-32-13-11-27/h3-5,14,19,22H,6-13,15-18H2,1-2H3/t22-/m1/s1. The molecule has 3 saturated heterocycles. The minimum absolute atomic E-state index is 0.0855. The Hall–Kier alpha value is -1.99. The van der Waals surface area contributed by atoms with Crippen molar-refractivity contribution >= 4 is 11.8 Å². The van der Waals surface area contributed by atoms with Gasteiger partial charge >= 0.3 is 0 Å². The fourth-order valence-electron chi connectivity index (χ4n) is 5.52. The van der Waals surface area contributed by atoms with Gasteiger partial charge in [-0.3, -0.25) is 14.5 Å². The summed E-state index contributed by atoms with van der Waals surface area (Å²) in [5, 5.41) is 0. The Bertz CT molecular complexity index is 816. The predicted octanol–water partition coefficient (Wildman–Crippen LogP) is 2.57. The van der Waals surface area contributed by atoms with E-state index in [2.05, 4.69) is 18.7 Å². The SMILES string of the molecule is CC(C)CN1C(=O)C2(CCN(C(=O)CN3CCOCC3)CC2)C[C@H]1Cc1cccc(F)c1. The quantitative estimate of drug-likeness (QED) is 0.676. The molecule has 7 heteroatoms. The first kappa shape index (κ1) is 23.2. The summed E-state index contributed by atoms with van der Waals surface area (Å²) in [6.07, 6.45) is 2.90. The Labute approximate surface area is 190 Å². The number of benzene rings is 1. The third-order valence-corrected chi connectivity index (χ3v) is 7.24. The second kappa shape index (κ2) is 9.87. The van der Waals surface area contributed by atoms with Gasteiger partial charge in [-0.15, -0.1) is 0 Å². The molecule has 0 aliphatic carbocycles. The molecule has 1 aromatic carbocycles. The molecule has 6 nitrogen and oxygen atoms in total. The monoisotopic (exact) mass is 445 g/mol. The van der Waals surface area contributed by atoms with E-state index in [1.54, 1.807) is 12.1 Å². The molecule has 1 aromatic rings. The topological polar surface area (TPSA) is 53.1 Å². The van der Waals surface area contributed by atoms with Crippen LogP contribution in [0.1, 0.15) is 38.7 Å². The highest BCUT2D eigenvalue weighted by molar-refractivity contribution is 5.86. The largest absolute Gasteiger partial charge is 0.379 e. The lowest BCUT2D eigenvalue weighted by Gasteiger charge is -2.39. The molecule has 4 rings (SSSR count). The van der Waals surface area contributed by atoms with E-state index < -0.39 is 0 Å². The van der Waals surface area contributed by atoms with Crippen molar-refractivity contribution in [3.63, 3.8) is 0 Å². The zero-order chi connectivity index (χ0) is 22.7. The molecule has 2 amide bonds. The van der Waals surface area contributed by atoms with Crippen molar-refractivity contribution in [3.8, 4) is 0 Å². The second-order valence-corrected chi connectivity index (χ2v) is 10.1. The molecule has 3 aliphatic heterocycles. The van der Waals surface area contributed by atoms with Gasteiger partial charge in [0.25, 0.3) is 0 Å². The van der Waals surface area contributed by atoms with Crippen LogP contribution in [0.4, 0.5) is 4.39 Å². The molecule has 1 atom stereocenters. The number of carbonyl (C=O) groups excluding carboxylic acids is 2. The Kier molecular flexibility index (Phi) is 7.15. The molecule has 0 bridgehead atoms. The van der Waals surface area contributed by atoms with Crippen molar-refractivity contribution in [2.45, 2.75) is 45.6 Å². The lowest BCUT2D eigenvalue weighted by molar-refractivity contribution is -0.144. The lowest BCUT2D eigenvalue weighted by Crippen LogP contribution is -2.50.